The van der Waals surface area contributed by atoms with Gasteiger partial charge in [-0.15, -0.1) is 0 Å². The first-order valence-corrected chi connectivity index (χ1v) is 11.3. The molecule has 0 aliphatic carbocycles. The van der Waals surface area contributed by atoms with Crippen molar-refractivity contribution >= 4 is 15.9 Å². The lowest BCUT2D eigenvalue weighted by Crippen LogP contribution is -3.12. The fourth-order valence-corrected chi connectivity index (χ4v) is 4.18. The van der Waals surface area contributed by atoms with Crippen LogP contribution in [0.15, 0.2) is 41.3 Å². The minimum atomic E-state index is -3.69. The second-order valence-corrected chi connectivity index (χ2v) is 8.93. The van der Waals surface area contributed by atoms with E-state index < -0.39 is 10.0 Å². The molecule has 1 unspecified atom stereocenters. The molecule has 8 nitrogen and oxygen atoms in total. The highest BCUT2D eigenvalue weighted by Crippen LogP contribution is 2.31. The molecule has 3 rings (SSSR count). The molecule has 1 aliphatic heterocycles. The van der Waals surface area contributed by atoms with Crippen molar-refractivity contribution < 1.29 is 27.6 Å². The van der Waals surface area contributed by atoms with Gasteiger partial charge in [0.05, 0.1) is 25.7 Å². The number of benzene rings is 2. The van der Waals surface area contributed by atoms with Crippen LogP contribution >= 0.6 is 0 Å². The Labute approximate surface area is 177 Å². The van der Waals surface area contributed by atoms with Gasteiger partial charge in [-0.25, -0.2) is 13.6 Å². The quantitative estimate of drug-likeness (QED) is 0.526. The van der Waals surface area contributed by atoms with E-state index in [0.29, 0.717) is 25.3 Å². The summed E-state index contributed by atoms with van der Waals surface area (Å²) in [5, 5.41) is 8.04. The summed E-state index contributed by atoms with van der Waals surface area (Å²) in [6.07, 6.45) is 1.50. The van der Waals surface area contributed by atoms with Crippen molar-refractivity contribution in [1.82, 2.24) is 5.32 Å². The Morgan fingerprint density at radius 3 is 2.33 bits per heavy atom. The van der Waals surface area contributed by atoms with Gasteiger partial charge in [0.25, 0.3) is 5.91 Å². The number of carbonyl (C=O) groups excluding carboxylic acids is 1. The van der Waals surface area contributed by atoms with Gasteiger partial charge < -0.3 is 19.7 Å². The Kier molecular flexibility index (Phi) is 6.96. The minimum Gasteiger partial charge on any atom is -0.493 e. The predicted octanol–water partition coefficient (Wildman–Crippen LogP) is -0.349. The molecule has 1 amide bonds. The predicted molar refractivity (Wildman–Crippen MR) is 112 cm³/mol. The third-order valence-electron chi connectivity index (χ3n) is 5.29. The monoisotopic (exact) mass is 434 g/mol. The Morgan fingerprint density at radius 2 is 1.73 bits per heavy atom. The Morgan fingerprint density at radius 1 is 1.10 bits per heavy atom. The maximum absolute atomic E-state index is 12.4. The molecular weight excluding hydrogens is 406 g/mol. The molecule has 4 N–H and O–H groups in total. The lowest BCUT2D eigenvalue weighted by Gasteiger charge is -2.26. The zero-order chi connectivity index (χ0) is 21.7. The number of carbonyl (C=O) groups is 1. The van der Waals surface area contributed by atoms with E-state index in [4.69, 9.17) is 14.6 Å². The molecule has 30 heavy (non-hydrogen) atoms. The zero-order valence-electron chi connectivity index (χ0n) is 17.2. The first-order chi connectivity index (χ1) is 14.3. The molecule has 162 valence electrons. The summed E-state index contributed by atoms with van der Waals surface area (Å²) < 4.78 is 33.3. The average molecular weight is 435 g/mol. The van der Waals surface area contributed by atoms with Crippen LogP contribution in [0.5, 0.6) is 11.5 Å². The molecule has 0 radical (unpaired) electrons. The number of amides is 1. The van der Waals surface area contributed by atoms with Gasteiger partial charge >= 0.3 is 0 Å². The Bertz CT molecular complexity index is 1010. The number of methoxy groups -OCH3 is 2. The van der Waals surface area contributed by atoms with Crippen molar-refractivity contribution in [2.45, 2.75) is 24.3 Å². The number of hydrogen-bond acceptors (Lipinski definition) is 5. The van der Waals surface area contributed by atoms with Gasteiger partial charge in [0.15, 0.2) is 18.0 Å². The standard InChI is InChI=1S/C21H27N3O5S/c1-28-19-11-16-8-10-24(13-17(16)12-20(19)29-2)14-21(25)23-9-7-15-3-5-18(6-4-15)30(22,26)27/h3-6,11-12H,7-10,13-14H2,1-2H3,(H,23,25)(H2,22,26,27)/p+1. The van der Waals surface area contributed by atoms with Crippen LogP contribution in [0.25, 0.3) is 0 Å². The van der Waals surface area contributed by atoms with E-state index in [9.17, 15) is 13.2 Å². The summed E-state index contributed by atoms with van der Waals surface area (Å²) in [5.41, 5.74) is 3.35. The summed E-state index contributed by atoms with van der Waals surface area (Å²) in [5.74, 6) is 1.43. The van der Waals surface area contributed by atoms with Gasteiger partial charge in [-0.1, -0.05) is 12.1 Å². The molecule has 2 aromatic rings. The molecule has 1 aliphatic rings. The third-order valence-corrected chi connectivity index (χ3v) is 6.22. The highest BCUT2D eigenvalue weighted by atomic mass is 32.2. The van der Waals surface area contributed by atoms with Crippen molar-refractivity contribution in [3.8, 4) is 11.5 Å². The first-order valence-electron chi connectivity index (χ1n) is 9.76. The van der Waals surface area contributed by atoms with Crippen molar-refractivity contribution in [2.75, 3.05) is 33.9 Å². The van der Waals surface area contributed by atoms with E-state index in [-0.39, 0.29) is 10.8 Å². The summed E-state index contributed by atoms with van der Waals surface area (Å²) in [6.45, 7) is 2.53. The number of nitrogens with two attached hydrogens (primary N) is 1. The van der Waals surface area contributed by atoms with Gasteiger partial charge in [-0.05, 0) is 41.8 Å². The van der Waals surface area contributed by atoms with Crippen molar-refractivity contribution in [2.24, 2.45) is 5.14 Å². The van der Waals surface area contributed by atoms with E-state index in [1.54, 1.807) is 26.4 Å². The molecule has 1 heterocycles. The number of nitrogens with one attached hydrogen (secondary N) is 2. The zero-order valence-corrected chi connectivity index (χ0v) is 18.1. The molecule has 0 aromatic heterocycles. The normalized spacial score (nSPS) is 15.9. The molecular formula is C21H28N3O5S+. The number of hydrogen-bond donors (Lipinski definition) is 3. The number of fused-ring (bicyclic) bond motifs is 1. The van der Waals surface area contributed by atoms with E-state index >= 15 is 0 Å². The molecule has 9 heteroatoms. The van der Waals surface area contributed by atoms with Crippen LogP contribution in [-0.4, -0.2) is 48.2 Å². The van der Waals surface area contributed by atoms with Crippen LogP contribution in [0, 0.1) is 0 Å². The summed E-state index contributed by atoms with van der Waals surface area (Å²) in [4.78, 5) is 13.6. The number of quaternary nitrogens is 1. The smallest absolute Gasteiger partial charge is 0.275 e. The van der Waals surface area contributed by atoms with Crippen molar-refractivity contribution in [3.05, 3.63) is 53.1 Å². The number of primary sulfonamides is 1. The van der Waals surface area contributed by atoms with Crippen LogP contribution in [0.4, 0.5) is 0 Å². The third kappa shape index (κ3) is 5.50. The molecule has 0 saturated carbocycles. The van der Waals surface area contributed by atoms with E-state index in [0.717, 1.165) is 30.8 Å². The lowest BCUT2D eigenvalue weighted by molar-refractivity contribution is -0.908. The molecule has 0 spiro atoms. The van der Waals surface area contributed by atoms with Crippen LogP contribution in [-0.2, 0) is 34.2 Å². The van der Waals surface area contributed by atoms with E-state index in [2.05, 4.69) is 5.32 Å². The molecule has 2 aromatic carbocycles. The van der Waals surface area contributed by atoms with E-state index in [1.165, 1.54) is 28.2 Å². The highest BCUT2D eigenvalue weighted by Gasteiger charge is 2.23. The second-order valence-electron chi connectivity index (χ2n) is 7.37. The lowest BCUT2D eigenvalue weighted by atomic mass is 9.99. The number of ether oxygens (including phenoxy) is 2. The highest BCUT2D eigenvalue weighted by molar-refractivity contribution is 7.89. The average Bonchev–Trinajstić information content (AvgIpc) is 2.72. The second kappa shape index (κ2) is 9.46. The topological polar surface area (TPSA) is 112 Å². The summed E-state index contributed by atoms with van der Waals surface area (Å²) >= 11 is 0. The number of rotatable bonds is 8. The van der Waals surface area contributed by atoms with Crippen LogP contribution in [0.2, 0.25) is 0 Å². The molecule has 0 fully saturated rings. The van der Waals surface area contributed by atoms with Crippen LogP contribution in [0.3, 0.4) is 0 Å². The van der Waals surface area contributed by atoms with Gasteiger partial charge in [-0.3, -0.25) is 4.79 Å². The molecule has 1 atom stereocenters. The van der Waals surface area contributed by atoms with Crippen molar-refractivity contribution in [3.63, 3.8) is 0 Å². The maximum atomic E-state index is 12.4. The fourth-order valence-electron chi connectivity index (χ4n) is 3.66. The van der Waals surface area contributed by atoms with Crippen LogP contribution < -0.4 is 24.8 Å². The van der Waals surface area contributed by atoms with Crippen LogP contribution in [0.1, 0.15) is 16.7 Å². The van der Waals surface area contributed by atoms with Gasteiger partial charge in [0.1, 0.15) is 6.54 Å². The minimum absolute atomic E-state index is 0.00455. The van der Waals surface area contributed by atoms with E-state index in [1.807, 2.05) is 12.1 Å². The van der Waals surface area contributed by atoms with Gasteiger partial charge in [-0.2, -0.15) is 0 Å². The summed E-state index contributed by atoms with van der Waals surface area (Å²) in [6, 6.07) is 10.4. The maximum Gasteiger partial charge on any atom is 0.275 e. The van der Waals surface area contributed by atoms with Crippen molar-refractivity contribution in [1.29, 1.82) is 0 Å². The Hall–Kier alpha value is -2.62. The first kappa shape index (κ1) is 22.1. The van der Waals surface area contributed by atoms with Gasteiger partial charge in [0, 0.05) is 18.5 Å². The SMILES string of the molecule is COc1cc2c(cc1OC)C[NH+](CC(=O)NCCc1ccc(S(N)(=O)=O)cc1)CC2. The molecule has 0 saturated heterocycles. The van der Waals surface area contributed by atoms with Gasteiger partial charge in [0.2, 0.25) is 10.0 Å². The number of sulfonamides is 1. The largest absolute Gasteiger partial charge is 0.493 e. The summed E-state index contributed by atoms with van der Waals surface area (Å²) in [7, 11) is -0.440. The fraction of sp³-hybridized carbons (Fsp3) is 0.381. The molecule has 0 bridgehead atoms. The Balaban J connectivity index is 1.49.